The van der Waals surface area contributed by atoms with Crippen molar-refractivity contribution in [3.63, 3.8) is 0 Å². The lowest BCUT2D eigenvalue weighted by Crippen LogP contribution is -2.28. The average molecular weight is 256 g/mol. The van der Waals surface area contributed by atoms with Gasteiger partial charge in [-0.15, -0.1) is 0 Å². The van der Waals surface area contributed by atoms with Crippen LogP contribution in [0.4, 0.5) is 11.5 Å². The van der Waals surface area contributed by atoms with Crippen molar-refractivity contribution in [2.45, 2.75) is 19.9 Å². The molecule has 0 fully saturated rings. The summed E-state index contributed by atoms with van der Waals surface area (Å²) >= 11 is 0. The predicted molar refractivity (Wildman–Crippen MR) is 61.0 cm³/mol. The van der Waals surface area contributed by atoms with Crippen molar-refractivity contribution in [3.8, 4) is 0 Å². The molecular formula is C9H12N4O5. The quantitative estimate of drug-likeness (QED) is 0.596. The molecule has 1 aromatic heterocycles. The highest BCUT2D eigenvalue weighted by Crippen LogP contribution is 2.22. The Kier molecular flexibility index (Phi) is 4.35. The second kappa shape index (κ2) is 5.75. The SMILES string of the molecule is CCCNC(=O)Cn1cc([N+](=O)[O-])cc1[N+](=O)[O-]. The molecular weight excluding hydrogens is 244 g/mol. The van der Waals surface area contributed by atoms with Crippen molar-refractivity contribution < 1.29 is 14.6 Å². The Morgan fingerprint density at radius 2 is 2.06 bits per heavy atom. The van der Waals surface area contributed by atoms with Gasteiger partial charge in [0.25, 0.3) is 5.91 Å². The minimum atomic E-state index is -0.764. The van der Waals surface area contributed by atoms with Crippen LogP contribution in [0.2, 0.25) is 0 Å². The maximum atomic E-state index is 11.4. The normalized spacial score (nSPS) is 10.1. The van der Waals surface area contributed by atoms with Crippen LogP contribution in [-0.2, 0) is 11.3 Å². The predicted octanol–water partition coefficient (Wildman–Crippen LogP) is 0.831. The molecule has 98 valence electrons. The van der Waals surface area contributed by atoms with Gasteiger partial charge in [0.15, 0.2) is 12.7 Å². The first-order chi connectivity index (χ1) is 8.45. The lowest BCUT2D eigenvalue weighted by molar-refractivity contribution is -0.394. The Bertz CT molecular complexity index is 481. The number of hydrogen-bond donors (Lipinski definition) is 1. The Balaban J connectivity index is 2.89. The number of hydrogen-bond acceptors (Lipinski definition) is 5. The van der Waals surface area contributed by atoms with Gasteiger partial charge in [-0.1, -0.05) is 6.92 Å². The van der Waals surface area contributed by atoms with Crippen molar-refractivity contribution in [2.24, 2.45) is 0 Å². The third kappa shape index (κ3) is 3.27. The van der Waals surface area contributed by atoms with Crippen LogP contribution in [0.1, 0.15) is 13.3 Å². The fourth-order valence-corrected chi connectivity index (χ4v) is 1.34. The lowest BCUT2D eigenvalue weighted by Gasteiger charge is -2.02. The molecule has 1 amide bonds. The van der Waals surface area contributed by atoms with Crippen LogP contribution in [0.15, 0.2) is 12.3 Å². The van der Waals surface area contributed by atoms with Crippen LogP contribution in [-0.4, -0.2) is 26.9 Å². The molecule has 1 heterocycles. The van der Waals surface area contributed by atoms with Crippen LogP contribution in [0.25, 0.3) is 0 Å². The van der Waals surface area contributed by atoms with E-state index in [9.17, 15) is 25.0 Å². The highest BCUT2D eigenvalue weighted by atomic mass is 16.6. The van der Waals surface area contributed by atoms with Gasteiger partial charge < -0.3 is 15.4 Å². The van der Waals surface area contributed by atoms with E-state index in [1.807, 2.05) is 6.92 Å². The van der Waals surface area contributed by atoms with E-state index in [0.29, 0.717) is 6.54 Å². The summed E-state index contributed by atoms with van der Waals surface area (Å²) in [5, 5.41) is 23.7. The van der Waals surface area contributed by atoms with Gasteiger partial charge in [-0.3, -0.25) is 14.9 Å². The zero-order chi connectivity index (χ0) is 13.7. The van der Waals surface area contributed by atoms with Crippen molar-refractivity contribution in [1.82, 2.24) is 9.88 Å². The summed E-state index contributed by atoms with van der Waals surface area (Å²) in [5.41, 5.74) is -0.412. The number of nitrogens with zero attached hydrogens (tertiary/aromatic N) is 3. The molecule has 1 N–H and O–H groups in total. The third-order valence-electron chi connectivity index (χ3n) is 2.14. The highest BCUT2D eigenvalue weighted by Gasteiger charge is 2.24. The minimum absolute atomic E-state index is 0.315. The molecule has 0 radical (unpaired) electrons. The van der Waals surface area contributed by atoms with Crippen molar-refractivity contribution in [2.75, 3.05) is 6.54 Å². The first-order valence-corrected chi connectivity index (χ1v) is 5.21. The molecule has 0 aromatic carbocycles. The summed E-state index contributed by atoms with van der Waals surface area (Å²) in [6, 6.07) is 0.826. The number of carbonyl (C=O) groups excluding carboxylic acids is 1. The van der Waals surface area contributed by atoms with Gasteiger partial charge in [0, 0.05) is 6.54 Å². The van der Waals surface area contributed by atoms with E-state index in [1.165, 1.54) is 0 Å². The Hall–Kier alpha value is -2.45. The molecule has 0 saturated heterocycles. The van der Waals surface area contributed by atoms with Gasteiger partial charge in [-0.25, -0.2) is 4.57 Å². The number of carbonyl (C=O) groups is 1. The van der Waals surface area contributed by atoms with Gasteiger partial charge >= 0.3 is 11.5 Å². The van der Waals surface area contributed by atoms with Gasteiger partial charge in [-0.2, -0.15) is 0 Å². The first-order valence-electron chi connectivity index (χ1n) is 5.21. The Morgan fingerprint density at radius 1 is 1.39 bits per heavy atom. The Morgan fingerprint density at radius 3 is 2.56 bits per heavy atom. The van der Waals surface area contributed by atoms with E-state index in [2.05, 4.69) is 5.32 Å². The zero-order valence-corrected chi connectivity index (χ0v) is 9.66. The second-order valence-corrected chi connectivity index (χ2v) is 3.55. The van der Waals surface area contributed by atoms with E-state index in [1.54, 1.807) is 0 Å². The van der Waals surface area contributed by atoms with E-state index >= 15 is 0 Å². The molecule has 0 atom stereocenters. The lowest BCUT2D eigenvalue weighted by atomic mass is 10.4. The largest absolute Gasteiger partial charge is 0.358 e. The molecule has 0 bridgehead atoms. The minimum Gasteiger partial charge on any atom is -0.358 e. The van der Waals surface area contributed by atoms with Crippen molar-refractivity contribution >= 4 is 17.4 Å². The number of amides is 1. The molecule has 0 aliphatic rings. The zero-order valence-electron chi connectivity index (χ0n) is 9.66. The molecule has 1 rings (SSSR count). The average Bonchev–Trinajstić information content (AvgIpc) is 2.70. The third-order valence-corrected chi connectivity index (χ3v) is 2.14. The van der Waals surface area contributed by atoms with Crippen LogP contribution in [0.5, 0.6) is 0 Å². The maximum Gasteiger partial charge on any atom is 0.330 e. The smallest absolute Gasteiger partial charge is 0.330 e. The number of rotatable bonds is 6. The highest BCUT2D eigenvalue weighted by molar-refractivity contribution is 5.76. The maximum absolute atomic E-state index is 11.4. The number of nitrogens with one attached hydrogen (secondary N) is 1. The molecule has 0 spiro atoms. The van der Waals surface area contributed by atoms with Gasteiger partial charge in [-0.05, 0) is 11.3 Å². The molecule has 0 saturated carbocycles. The summed E-state index contributed by atoms with van der Waals surface area (Å²) in [6.45, 7) is 2.00. The topological polar surface area (TPSA) is 120 Å². The molecule has 1 aromatic rings. The van der Waals surface area contributed by atoms with E-state index in [0.717, 1.165) is 23.3 Å². The van der Waals surface area contributed by atoms with Gasteiger partial charge in [0.2, 0.25) is 0 Å². The molecule has 9 heteroatoms. The van der Waals surface area contributed by atoms with Crippen LogP contribution >= 0.6 is 0 Å². The fourth-order valence-electron chi connectivity index (χ4n) is 1.34. The van der Waals surface area contributed by atoms with Crippen molar-refractivity contribution in [3.05, 3.63) is 32.5 Å². The van der Waals surface area contributed by atoms with Crippen molar-refractivity contribution in [1.29, 1.82) is 0 Å². The summed E-state index contributed by atoms with van der Waals surface area (Å²) in [5.74, 6) is -0.904. The molecule has 0 unspecified atom stereocenters. The molecule has 0 aliphatic heterocycles. The van der Waals surface area contributed by atoms with Gasteiger partial charge in [0.05, 0.1) is 4.92 Å². The Labute approximate surface area is 102 Å². The first kappa shape index (κ1) is 13.6. The van der Waals surface area contributed by atoms with E-state index in [4.69, 9.17) is 0 Å². The second-order valence-electron chi connectivity index (χ2n) is 3.55. The van der Waals surface area contributed by atoms with Crippen LogP contribution in [0.3, 0.4) is 0 Å². The summed E-state index contributed by atoms with van der Waals surface area (Å²) in [7, 11) is 0. The standard InChI is InChI=1S/C9H12N4O5/c1-2-3-10-8(14)6-11-5-7(12(15)16)4-9(11)13(17)18/h4-5H,2-3,6H2,1H3,(H,10,14). The van der Waals surface area contributed by atoms with E-state index < -0.39 is 27.3 Å². The molecule has 18 heavy (non-hydrogen) atoms. The fraction of sp³-hybridized carbons (Fsp3) is 0.444. The van der Waals surface area contributed by atoms with Gasteiger partial charge in [0.1, 0.15) is 6.07 Å². The summed E-state index contributed by atoms with van der Waals surface area (Å²) in [6.07, 6.45) is 1.71. The van der Waals surface area contributed by atoms with Crippen LogP contribution < -0.4 is 5.32 Å². The summed E-state index contributed by atoms with van der Waals surface area (Å²) in [4.78, 5) is 31.1. The molecule has 0 aliphatic carbocycles. The monoisotopic (exact) mass is 256 g/mol. The summed E-state index contributed by atoms with van der Waals surface area (Å²) < 4.78 is 0.948. The van der Waals surface area contributed by atoms with E-state index in [-0.39, 0.29) is 6.54 Å². The molecule has 9 nitrogen and oxygen atoms in total. The number of nitro groups is 2. The van der Waals surface area contributed by atoms with Crippen LogP contribution in [0, 0.1) is 20.2 Å². The number of aromatic nitrogens is 1.